The van der Waals surface area contributed by atoms with Crippen LogP contribution in [-0.2, 0) is 11.3 Å². The second-order valence-electron chi connectivity index (χ2n) is 6.39. The Balaban J connectivity index is 1.39. The number of rotatable bonds is 4. The van der Waals surface area contributed by atoms with Gasteiger partial charge < -0.3 is 10.2 Å². The molecule has 6 nitrogen and oxygen atoms in total. The summed E-state index contributed by atoms with van der Waals surface area (Å²) in [5.74, 6) is 1.05. The Morgan fingerprint density at radius 3 is 3.04 bits per heavy atom. The van der Waals surface area contributed by atoms with Gasteiger partial charge in [-0.2, -0.15) is 5.10 Å². The zero-order valence-electron chi connectivity index (χ0n) is 14.0. The Morgan fingerprint density at radius 1 is 1.24 bits per heavy atom. The molecule has 1 amide bonds. The van der Waals surface area contributed by atoms with E-state index in [2.05, 4.69) is 20.3 Å². The van der Waals surface area contributed by atoms with Crippen molar-refractivity contribution < 1.29 is 4.79 Å². The van der Waals surface area contributed by atoms with Crippen molar-refractivity contribution >= 4 is 17.2 Å². The topological polar surface area (TPSA) is 62.5 Å². The summed E-state index contributed by atoms with van der Waals surface area (Å²) in [6.45, 7) is 2.18. The van der Waals surface area contributed by atoms with Crippen LogP contribution in [-0.4, -0.2) is 33.6 Å². The number of hydrogen-bond acceptors (Lipinski definition) is 4. The van der Waals surface area contributed by atoms with Crippen molar-refractivity contribution in [2.24, 2.45) is 5.92 Å². The third kappa shape index (κ3) is 3.33. The van der Waals surface area contributed by atoms with Crippen LogP contribution >= 0.6 is 0 Å². The minimum absolute atomic E-state index is 0.00223. The molecule has 1 aliphatic heterocycles. The van der Waals surface area contributed by atoms with Gasteiger partial charge in [-0.3, -0.25) is 4.79 Å². The number of aromatic nitrogens is 3. The molecule has 4 heterocycles. The fourth-order valence-electron chi connectivity index (χ4n) is 3.39. The number of hydrogen-bond donors (Lipinski definition) is 1. The summed E-state index contributed by atoms with van der Waals surface area (Å²) in [6, 6.07) is 11.8. The maximum Gasteiger partial charge on any atom is 0.225 e. The molecule has 3 aromatic heterocycles. The van der Waals surface area contributed by atoms with Crippen LogP contribution in [0.4, 0.5) is 5.82 Å². The highest BCUT2D eigenvalue weighted by Crippen LogP contribution is 2.21. The van der Waals surface area contributed by atoms with Crippen LogP contribution in [0.25, 0.3) is 5.52 Å². The van der Waals surface area contributed by atoms with E-state index in [4.69, 9.17) is 0 Å². The number of piperidine rings is 1. The highest BCUT2D eigenvalue weighted by Gasteiger charge is 2.26. The molecule has 1 N–H and O–H groups in total. The van der Waals surface area contributed by atoms with E-state index in [1.54, 1.807) is 6.20 Å². The van der Waals surface area contributed by atoms with Gasteiger partial charge in [0.15, 0.2) is 0 Å². The average molecular weight is 335 g/mol. The summed E-state index contributed by atoms with van der Waals surface area (Å²) in [5, 5.41) is 7.39. The maximum atomic E-state index is 12.6. The molecule has 0 radical (unpaired) electrons. The summed E-state index contributed by atoms with van der Waals surface area (Å²) < 4.78 is 1.82. The lowest BCUT2D eigenvalue weighted by Gasteiger charge is -2.32. The molecular formula is C19H21N5O. The second kappa shape index (κ2) is 6.93. The molecule has 1 saturated heterocycles. The Bertz CT molecular complexity index is 860. The highest BCUT2D eigenvalue weighted by atomic mass is 16.1. The van der Waals surface area contributed by atoms with Crippen LogP contribution < -0.4 is 10.2 Å². The van der Waals surface area contributed by atoms with Crippen molar-refractivity contribution in [3.8, 4) is 0 Å². The van der Waals surface area contributed by atoms with Crippen LogP contribution in [0.15, 0.2) is 55.0 Å². The van der Waals surface area contributed by atoms with Crippen LogP contribution in [0.5, 0.6) is 0 Å². The van der Waals surface area contributed by atoms with Crippen LogP contribution in [0, 0.1) is 5.92 Å². The molecule has 1 atom stereocenters. The Morgan fingerprint density at radius 2 is 2.16 bits per heavy atom. The molecule has 0 spiro atoms. The first kappa shape index (κ1) is 15.6. The number of carbonyl (C=O) groups excluding carboxylic acids is 1. The standard InChI is InChI=1S/C19H21N5O/c25-19(21-12-16-13-22-24-11-4-2-7-17(16)24)15-6-5-10-23(14-15)18-8-1-3-9-20-18/h1-4,7-9,11,13,15H,5-6,10,12,14H2,(H,21,25)/t15-/m0/s1. The van der Waals surface area contributed by atoms with Crippen LogP contribution in [0.3, 0.4) is 0 Å². The second-order valence-corrected chi connectivity index (χ2v) is 6.39. The predicted octanol–water partition coefficient (Wildman–Crippen LogP) is 2.26. The average Bonchev–Trinajstić information content (AvgIpc) is 3.10. The first-order valence-corrected chi connectivity index (χ1v) is 8.66. The summed E-state index contributed by atoms with van der Waals surface area (Å²) in [7, 11) is 0. The van der Waals surface area contributed by atoms with Crippen molar-refractivity contribution in [3.05, 3.63) is 60.6 Å². The number of nitrogens with zero attached hydrogens (tertiary/aromatic N) is 4. The molecule has 1 aliphatic rings. The number of carbonyl (C=O) groups is 1. The van der Waals surface area contributed by atoms with Crippen molar-refractivity contribution in [1.82, 2.24) is 19.9 Å². The molecule has 0 saturated carbocycles. The molecule has 128 valence electrons. The normalized spacial score (nSPS) is 17.6. The summed E-state index contributed by atoms with van der Waals surface area (Å²) >= 11 is 0. The molecule has 0 aliphatic carbocycles. The molecule has 0 unspecified atom stereocenters. The molecule has 3 aromatic rings. The Hall–Kier alpha value is -2.89. The van der Waals surface area contributed by atoms with E-state index in [9.17, 15) is 4.79 Å². The van der Waals surface area contributed by atoms with Crippen molar-refractivity contribution in [3.63, 3.8) is 0 Å². The summed E-state index contributed by atoms with van der Waals surface area (Å²) in [5.41, 5.74) is 2.06. The number of amides is 1. The van der Waals surface area contributed by atoms with Crippen LogP contribution in [0.2, 0.25) is 0 Å². The number of pyridine rings is 2. The quantitative estimate of drug-likeness (QED) is 0.794. The monoisotopic (exact) mass is 335 g/mol. The Labute approximate surface area is 146 Å². The number of anilines is 1. The van der Waals surface area contributed by atoms with Gasteiger partial charge in [0.05, 0.1) is 17.6 Å². The smallest absolute Gasteiger partial charge is 0.225 e. The largest absolute Gasteiger partial charge is 0.356 e. The third-order valence-electron chi connectivity index (χ3n) is 4.72. The van der Waals surface area contributed by atoms with Gasteiger partial charge in [-0.05, 0) is 37.1 Å². The Kier molecular flexibility index (Phi) is 4.33. The van der Waals surface area contributed by atoms with E-state index in [1.807, 2.05) is 53.3 Å². The summed E-state index contributed by atoms with van der Waals surface area (Å²) in [4.78, 5) is 19.2. The van der Waals surface area contributed by atoms with Gasteiger partial charge in [-0.1, -0.05) is 12.1 Å². The molecule has 1 fully saturated rings. The predicted molar refractivity (Wildman–Crippen MR) is 96.2 cm³/mol. The lowest BCUT2D eigenvalue weighted by atomic mass is 9.97. The third-order valence-corrected chi connectivity index (χ3v) is 4.72. The minimum atomic E-state index is -0.00223. The molecule has 25 heavy (non-hydrogen) atoms. The van der Waals surface area contributed by atoms with E-state index in [0.717, 1.165) is 42.8 Å². The molecule has 0 bridgehead atoms. The van der Waals surface area contributed by atoms with Crippen molar-refractivity contribution in [2.75, 3.05) is 18.0 Å². The van der Waals surface area contributed by atoms with Gasteiger partial charge in [-0.25, -0.2) is 9.50 Å². The van der Waals surface area contributed by atoms with E-state index in [1.165, 1.54) is 0 Å². The minimum Gasteiger partial charge on any atom is -0.356 e. The zero-order chi connectivity index (χ0) is 17.1. The van der Waals surface area contributed by atoms with E-state index in [0.29, 0.717) is 6.54 Å². The van der Waals surface area contributed by atoms with Gasteiger partial charge >= 0.3 is 0 Å². The lowest BCUT2D eigenvalue weighted by Crippen LogP contribution is -2.43. The van der Waals surface area contributed by atoms with Crippen LogP contribution in [0.1, 0.15) is 18.4 Å². The highest BCUT2D eigenvalue weighted by molar-refractivity contribution is 5.79. The van der Waals surface area contributed by atoms with Gasteiger partial charge in [0.25, 0.3) is 0 Å². The lowest BCUT2D eigenvalue weighted by molar-refractivity contribution is -0.125. The number of fused-ring (bicyclic) bond motifs is 1. The molecule has 0 aromatic carbocycles. The molecule has 4 rings (SSSR count). The van der Waals surface area contributed by atoms with Gasteiger partial charge in [0, 0.05) is 37.6 Å². The van der Waals surface area contributed by atoms with E-state index >= 15 is 0 Å². The molecular weight excluding hydrogens is 314 g/mol. The first-order chi connectivity index (χ1) is 12.3. The first-order valence-electron chi connectivity index (χ1n) is 8.66. The van der Waals surface area contributed by atoms with E-state index in [-0.39, 0.29) is 11.8 Å². The van der Waals surface area contributed by atoms with Crippen molar-refractivity contribution in [2.45, 2.75) is 19.4 Å². The molecule has 6 heteroatoms. The summed E-state index contributed by atoms with van der Waals surface area (Å²) in [6.07, 6.45) is 7.45. The maximum absolute atomic E-state index is 12.6. The zero-order valence-corrected chi connectivity index (χ0v) is 14.0. The van der Waals surface area contributed by atoms with Gasteiger partial charge in [-0.15, -0.1) is 0 Å². The van der Waals surface area contributed by atoms with Gasteiger partial charge in [0.1, 0.15) is 5.82 Å². The fraction of sp³-hybridized carbons (Fsp3) is 0.316. The number of nitrogens with one attached hydrogen (secondary N) is 1. The van der Waals surface area contributed by atoms with E-state index < -0.39 is 0 Å². The fourth-order valence-corrected chi connectivity index (χ4v) is 3.39. The van der Waals surface area contributed by atoms with Crippen molar-refractivity contribution in [1.29, 1.82) is 0 Å². The van der Waals surface area contributed by atoms with Gasteiger partial charge in [0.2, 0.25) is 5.91 Å². The SMILES string of the molecule is O=C(NCc1cnn2ccccc12)[C@H]1CCCN(c2ccccn2)C1.